The fourth-order valence-electron chi connectivity index (χ4n) is 2.27. The molecule has 3 rings (SSSR count). The minimum Gasteiger partial charge on any atom is -0.399 e. The van der Waals surface area contributed by atoms with Crippen molar-refractivity contribution < 1.29 is 8.42 Å². The highest BCUT2D eigenvalue weighted by atomic mass is 79.9. The minimum atomic E-state index is -3.56. The van der Waals surface area contributed by atoms with Gasteiger partial charge in [0.2, 0.25) is 0 Å². The SMILES string of the molecule is Cc1sc(Br)cc1S(=O)(=O)N1CCSc2ccc(N)cc21. The van der Waals surface area contributed by atoms with E-state index >= 15 is 0 Å². The molecule has 8 heteroatoms. The number of nitrogens with zero attached hydrogens (tertiary/aromatic N) is 1. The Bertz CT molecular complexity index is 802. The smallest absolute Gasteiger partial charge is 0.265 e. The molecule has 0 unspecified atom stereocenters. The number of rotatable bonds is 2. The molecule has 0 aliphatic carbocycles. The first kappa shape index (κ1) is 15.2. The van der Waals surface area contributed by atoms with Gasteiger partial charge < -0.3 is 5.73 Å². The molecule has 21 heavy (non-hydrogen) atoms. The highest BCUT2D eigenvalue weighted by molar-refractivity contribution is 9.11. The van der Waals surface area contributed by atoms with Gasteiger partial charge in [0, 0.05) is 27.8 Å². The fraction of sp³-hybridized carbons (Fsp3) is 0.231. The maximum Gasteiger partial charge on any atom is 0.265 e. The zero-order chi connectivity index (χ0) is 15.2. The van der Waals surface area contributed by atoms with Crippen LogP contribution in [0.3, 0.4) is 0 Å². The Morgan fingerprint density at radius 3 is 2.76 bits per heavy atom. The van der Waals surface area contributed by atoms with Crippen molar-refractivity contribution in [3.05, 3.63) is 32.9 Å². The molecule has 2 heterocycles. The summed E-state index contributed by atoms with van der Waals surface area (Å²) in [5.41, 5.74) is 7.07. The van der Waals surface area contributed by atoms with E-state index in [2.05, 4.69) is 15.9 Å². The normalized spacial score (nSPS) is 15.0. The molecule has 112 valence electrons. The van der Waals surface area contributed by atoms with Crippen molar-refractivity contribution in [3.8, 4) is 0 Å². The van der Waals surface area contributed by atoms with Gasteiger partial charge in [-0.1, -0.05) is 0 Å². The zero-order valence-corrected chi connectivity index (χ0v) is 15.2. The van der Waals surface area contributed by atoms with Crippen LogP contribution < -0.4 is 10.0 Å². The monoisotopic (exact) mass is 404 g/mol. The highest BCUT2D eigenvalue weighted by Crippen LogP contribution is 2.40. The standard InChI is InChI=1S/C13H13BrN2O2S3/c1-8-12(7-13(14)20-8)21(17,18)16-4-5-19-11-3-2-9(15)6-10(11)16/h2-3,6-7H,4-5,15H2,1H3. The van der Waals surface area contributed by atoms with E-state index in [1.807, 2.05) is 13.0 Å². The van der Waals surface area contributed by atoms with E-state index in [-0.39, 0.29) is 0 Å². The molecule has 2 N–H and O–H groups in total. The number of benzene rings is 1. The van der Waals surface area contributed by atoms with Crippen molar-refractivity contribution >= 4 is 60.4 Å². The van der Waals surface area contributed by atoms with Gasteiger partial charge in [-0.2, -0.15) is 0 Å². The van der Waals surface area contributed by atoms with Gasteiger partial charge in [-0.15, -0.1) is 23.1 Å². The topological polar surface area (TPSA) is 63.4 Å². The maximum absolute atomic E-state index is 13.0. The van der Waals surface area contributed by atoms with Crippen LogP contribution in [0.15, 0.2) is 37.8 Å². The predicted molar refractivity (Wildman–Crippen MR) is 92.9 cm³/mol. The first-order chi connectivity index (χ1) is 9.89. The first-order valence-corrected chi connectivity index (χ1v) is 10.2. The Hall–Kier alpha value is -0.700. The van der Waals surface area contributed by atoms with Crippen LogP contribution in [0.2, 0.25) is 0 Å². The van der Waals surface area contributed by atoms with E-state index in [0.717, 1.165) is 19.3 Å². The van der Waals surface area contributed by atoms with Crippen molar-refractivity contribution in [1.29, 1.82) is 0 Å². The number of nitrogens with two attached hydrogens (primary N) is 1. The van der Waals surface area contributed by atoms with Crippen LogP contribution in [-0.2, 0) is 10.0 Å². The van der Waals surface area contributed by atoms with Crippen LogP contribution >= 0.6 is 39.0 Å². The molecular formula is C13H13BrN2O2S3. The Balaban J connectivity index is 2.14. The first-order valence-electron chi connectivity index (χ1n) is 6.20. The third-order valence-electron chi connectivity index (χ3n) is 3.21. The quantitative estimate of drug-likeness (QED) is 0.774. The summed E-state index contributed by atoms with van der Waals surface area (Å²) in [6.45, 7) is 2.28. The lowest BCUT2D eigenvalue weighted by Crippen LogP contribution is -2.35. The Labute approximate surface area is 140 Å². The van der Waals surface area contributed by atoms with Crippen LogP contribution in [0.1, 0.15) is 4.88 Å². The summed E-state index contributed by atoms with van der Waals surface area (Å²) in [5.74, 6) is 0.737. The second-order valence-electron chi connectivity index (χ2n) is 4.62. The summed E-state index contributed by atoms with van der Waals surface area (Å²) in [4.78, 5) is 2.09. The molecule has 0 saturated carbocycles. The Morgan fingerprint density at radius 1 is 1.33 bits per heavy atom. The molecular weight excluding hydrogens is 392 g/mol. The average Bonchev–Trinajstić information content (AvgIpc) is 2.77. The molecule has 1 aromatic carbocycles. The van der Waals surface area contributed by atoms with Crippen molar-refractivity contribution in [1.82, 2.24) is 0 Å². The molecule has 0 atom stereocenters. The number of fused-ring (bicyclic) bond motifs is 1. The molecule has 0 spiro atoms. The van der Waals surface area contributed by atoms with Gasteiger partial charge in [-0.25, -0.2) is 8.42 Å². The third-order valence-corrected chi connectivity index (χ3v) is 7.88. The lowest BCUT2D eigenvalue weighted by atomic mass is 10.3. The molecule has 0 radical (unpaired) electrons. The van der Waals surface area contributed by atoms with Crippen molar-refractivity contribution in [2.45, 2.75) is 16.7 Å². The number of hydrogen-bond acceptors (Lipinski definition) is 5. The van der Waals surface area contributed by atoms with Crippen LogP contribution in [0.4, 0.5) is 11.4 Å². The second kappa shape index (κ2) is 5.49. The Kier molecular flexibility index (Phi) is 3.98. The van der Waals surface area contributed by atoms with Crippen molar-refractivity contribution in [3.63, 3.8) is 0 Å². The lowest BCUT2D eigenvalue weighted by Gasteiger charge is -2.30. The zero-order valence-electron chi connectivity index (χ0n) is 11.2. The summed E-state index contributed by atoms with van der Waals surface area (Å²) >= 11 is 6.43. The maximum atomic E-state index is 13.0. The van der Waals surface area contributed by atoms with Crippen LogP contribution in [0.25, 0.3) is 0 Å². The molecule has 4 nitrogen and oxygen atoms in total. The van der Waals surface area contributed by atoms with Crippen LogP contribution in [0, 0.1) is 6.92 Å². The Morgan fingerprint density at radius 2 is 2.10 bits per heavy atom. The third kappa shape index (κ3) is 2.69. The van der Waals surface area contributed by atoms with Gasteiger partial charge in [0.15, 0.2) is 0 Å². The molecule has 2 aromatic rings. The number of aryl methyl sites for hydroxylation is 1. The van der Waals surface area contributed by atoms with Crippen LogP contribution in [0.5, 0.6) is 0 Å². The molecule has 0 fully saturated rings. The number of sulfonamides is 1. The number of thioether (sulfide) groups is 1. The number of nitrogen functional groups attached to an aromatic ring is 1. The molecule has 1 aliphatic heterocycles. The molecule has 1 aromatic heterocycles. The van der Waals surface area contributed by atoms with E-state index in [1.165, 1.54) is 15.6 Å². The summed E-state index contributed by atoms with van der Waals surface area (Å²) in [7, 11) is -3.56. The van der Waals surface area contributed by atoms with E-state index in [0.29, 0.717) is 22.8 Å². The largest absolute Gasteiger partial charge is 0.399 e. The predicted octanol–water partition coefficient (Wildman–Crippen LogP) is 3.70. The van der Waals surface area contributed by atoms with E-state index in [9.17, 15) is 8.42 Å². The molecule has 1 aliphatic rings. The summed E-state index contributed by atoms with van der Waals surface area (Å²) in [5, 5.41) is 0. The fourth-order valence-corrected chi connectivity index (χ4v) is 7.28. The van der Waals surface area contributed by atoms with E-state index in [1.54, 1.807) is 30.0 Å². The highest BCUT2D eigenvalue weighted by Gasteiger charge is 2.31. The minimum absolute atomic E-state index is 0.361. The molecule has 0 amide bonds. The molecule has 0 bridgehead atoms. The van der Waals surface area contributed by atoms with E-state index in [4.69, 9.17) is 5.73 Å². The van der Waals surface area contributed by atoms with Crippen molar-refractivity contribution in [2.24, 2.45) is 0 Å². The summed E-state index contributed by atoms with van der Waals surface area (Å²) in [6, 6.07) is 7.08. The van der Waals surface area contributed by atoms with Gasteiger partial charge in [0.05, 0.1) is 9.47 Å². The molecule has 0 saturated heterocycles. The van der Waals surface area contributed by atoms with Gasteiger partial charge >= 0.3 is 0 Å². The number of anilines is 2. The number of halogens is 1. The van der Waals surface area contributed by atoms with Gasteiger partial charge in [0.25, 0.3) is 10.0 Å². The van der Waals surface area contributed by atoms with Gasteiger partial charge in [-0.3, -0.25) is 4.31 Å². The van der Waals surface area contributed by atoms with Gasteiger partial charge in [0.1, 0.15) is 4.90 Å². The van der Waals surface area contributed by atoms with Gasteiger partial charge in [-0.05, 0) is 47.1 Å². The van der Waals surface area contributed by atoms with Crippen molar-refractivity contribution in [2.75, 3.05) is 22.3 Å². The average molecular weight is 405 g/mol. The van der Waals surface area contributed by atoms with E-state index < -0.39 is 10.0 Å². The number of hydrogen-bond donors (Lipinski definition) is 1. The lowest BCUT2D eigenvalue weighted by molar-refractivity contribution is 0.591. The second-order valence-corrected chi connectivity index (χ2v) is 10.2. The van der Waals surface area contributed by atoms with Crippen LogP contribution in [-0.4, -0.2) is 20.7 Å². The summed E-state index contributed by atoms with van der Waals surface area (Å²) < 4.78 is 28.2. The summed E-state index contributed by atoms with van der Waals surface area (Å²) in [6.07, 6.45) is 0. The number of thiophene rings is 1.